The summed E-state index contributed by atoms with van der Waals surface area (Å²) in [4.78, 5) is 49.3. The minimum atomic E-state index is -0.491. The minimum absolute atomic E-state index is 0.146. The van der Waals surface area contributed by atoms with E-state index in [2.05, 4.69) is 0 Å². The topological polar surface area (TPSA) is 112 Å². The Morgan fingerprint density at radius 2 is 1.06 bits per heavy atom. The summed E-state index contributed by atoms with van der Waals surface area (Å²) in [5.74, 6) is -0.354. The van der Waals surface area contributed by atoms with E-state index in [0.717, 1.165) is 0 Å². The molecule has 4 rings (SSSR count). The first-order valence-electron chi connectivity index (χ1n) is 11.0. The molecular formula is C22H34N2O8. The van der Waals surface area contributed by atoms with E-state index in [9.17, 15) is 19.2 Å². The Hall–Kier alpha value is -2.52. The molecule has 2 amide bonds. The van der Waals surface area contributed by atoms with E-state index in [1.54, 1.807) is 9.80 Å². The Labute approximate surface area is 188 Å². The van der Waals surface area contributed by atoms with Crippen LogP contribution in [-0.4, -0.2) is 84.5 Å². The fraction of sp³-hybridized carbons (Fsp3) is 0.818. The molecule has 4 aliphatic heterocycles. The zero-order chi connectivity index (χ0) is 23.8. The molecule has 4 saturated heterocycles. The van der Waals surface area contributed by atoms with Crippen molar-refractivity contribution in [3.63, 3.8) is 0 Å². The van der Waals surface area contributed by atoms with Gasteiger partial charge in [0.1, 0.15) is 11.2 Å². The molecule has 180 valence electrons. The SMILES string of the molecule is CC(C)(C)OC(=O)N1C[C@@H]2COC(=O)[C@@H]2C1.CC(C)(C)OC(=O)N1C[C@H]2COC(=O)[C@H]2C1. The van der Waals surface area contributed by atoms with Crippen molar-refractivity contribution in [2.45, 2.75) is 52.7 Å². The van der Waals surface area contributed by atoms with Crippen LogP contribution in [0, 0.1) is 23.7 Å². The van der Waals surface area contributed by atoms with Gasteiger partial charge in [-0.1, -0.05) is 0 Å². The van der Waals surface area contributed by atoms with Crippen LogP contribution in [-0.2, 0) is 28.5 Å². The Balaban J connectivity index is 0.000000181. The largest absolute Gasteiger partial charge is 0.465 e. The lowest BCUT2D eigenvalue weighted by molar-refractivity contribution is -0.142. The standard InChI is InChI=1S/2C11H17NO4/c2*1-11(2,3)16-10(14)12-4-7-6-15-9(13)8(7)5-12/h2*7-8H,4-6H2,1-3H3/t2*7-,8-/m10/s1. The molecule has 32 heavy (non-hydrogen) atoms. The summed E-state index contributed by atoms with van der Waals surface area (Å²) in [5, 5.41) is 0. The van der Waals surface area contributed by atoms with Gasteiger partial charge in [-0.25, -0.2) is 9.59 Å². The van der Waals surface area contributed by atoms with Crippen LogP contribution in [0.25, 0.3) is 0 Å². The number of cyclic esters (lactones) is 2. The maximum absolute atomic E-state index is 11.8. The summed E-state index contributed by atoms with van der Waals surface area (Å²) in [7, 11) is 0. The number of hydrogen-bond acceptors (Lipinski definition) is 8. The van der Waals surface area contributed by atoms with E-state index >= 15 is 0 Å². The molecule has 0 spiro atoms. The molecule has 0 unspecified atom stereocenters. The van der Waals surface area contributed by atoms with E-state index in [4.69, 9.17) is 18.9 Å². The molecule has 4 heterocycles. The van der Waals surface area contributed by atoms with Crippen LogP contribution in [0.3, 0.4) is 0 Å². The minimum Gasteiger partial charge on any atom is -0.465 e. The van der Waals surface area contributed by atoms with Gasteiger partial charge in [0.2, 0.25) is 0 Å². The molecule has 0 N–H and O–H groups in total. The van der Waals surface area contributed by atoms with Gasteiger partial charge in [-0.2, -0.15) is 0 Å². The van der Waals surface area contributed by atoms with Crippen LogP contribution in [0.15, 0.2) is 0 Å². The monoisotopic (exact) mass is 454 g/mol. The highest BCUT2D eigenvalue weighted by Crippen LogP contribution is 2.32. The number of amides is 2. The van der Waals surface area contributed by atoms with Crippen molar-refractivity contribution in [3.05, 3.63) is 0 Å². The third-order valence-corrected chi connectivity index (χ3v) is 5.67. The van der Waals surface area contributed by atoms with Crippen molar-refractivity contribution in [2.24, 2.45) is 23.7 Å². The molecule has 0 aromatic rings. The third-order valence-electron chi connectivity index (χ3n) is 5.67. The highest BCUT2D eigenvalue weighted by Gasteiger charge is 2.47. The van der Waals surface area contributed by atoms with E-state index < -0.39 is 11.2 Å². The molecule has 10 nitrogen and oxygen atoms in total. The number of nitrogens with zero attached hydrogens (tertiary/aromatic N) is 2. The van der Waals surface area contributed by atoms with Gasteiger partial charge < -0.3 is 28.7 Å². The molecule has 0 saturated carbocycles. The van der Waals surface area contributed by atoms with Crippen LogP contribution < -0.4 is 0 Å². The fourth-order valence-corrected chi connectivity index (χ4v) is 4.16. The van der Waals surface area contributed by atoms with Gasteiger partial charge in [0.05, 0.1) is 25.0 Å². The highest BCUT2D eigenvalue weighted by atomic mass is 16.6. The van der Waals surface area contributed by atoms with E-state index in [0.29, 0.717) is 39.4 Å². The summed E-state index contributed by atoms with van der Waals surface area (Å²) in [6, 6.07) is 0. The second-order valence-corrected chi connectivity index (χ2v) is 10.8. The Morgan fingerprint density at radius 1 is 0.719 bits per heavy atom. The van der Waals surface area contributed by atoms with Crippen LogP contribution in [0.2, 0.25) is 0 Å². The summed E-state index contributed by atoms with van der Waals surface area (Å²) in [6.45, 7) is 13.8. The van der Waals surface area contributed by atoms with Gasteiger partial charge >= 0.3 is 24.1 Å². The van der Waals surface area contributed by atoms with Gasteiger partial charge in [-0.15, -0.1) is 0 Å². The number of carbonyl (C=O) groups is 4. The first kappa shape index (κ1) is 24.1. The number of esters is 2. The van der Waals surface area contributed by atoms with Crippen molar-refractivity contribution in [1.29, 1.82) is 0 Å². The lowest BCUT2D eigenvalue weighted by atomic mass is 10.0. The number of likely N-dealkylation sites (tertiary alicyclic amines) is 2. The normalized spacial score (nSPS) is 28.9. The lowest BCUT2D eigenvalue weighted by Gasteiger charge is -2.24. The number of hydrogen-bond donors (Lipinski definition) is 0. The summed E-state index contributed by atoms with van der Waals surface area (Å²) >= 11 is 0. The van der Waals surface area contributed by atoms with Crippen LogP contribution >= 0.6 is 0 Å². The van der Waals surface area contributed by atoms with Crippen molar-refractivity contribution >= 4 is 24.1 Å². The first-order chi connectivity index (χ1) is 14.7. The van der Waals surface area contributed by atoms with Gasteiger partial charge in [-0.3, -0.25) is 9.59 Å². The Kier molecular flexibility index (Phi) is 6.62. The van der Waals surface area contributed by atoms with Crippen molar-refractivity contribution in [1.82, 2.24) is 9.80 Å². The molecule has 4 atom stereocenters. The van der Waals surface area contributed by atoms with Gasteiger partial charge in [0, 0.05) is 38.0 Å². The zero-order valence-corrected chi connectivity index (χ0v) is 19.7. The molecule has 4 fully saturated rings. The molecule has 10 heteroatoms. The Bertz CT molecular complexity index is 705. The van der Waals surface area contributed by atoms with Crippen molar-refractivity contribution in [2.75, 3.05) is 39.4 Å². The summed E-state index contributed by atoms with van der Waals surface area (Å²) < 4.78 is 20.4. The maximum atomic E-state index is 11.8. The lowest BCUT2D eigenvalue weighted by Crippen LogP contribution is -2.36. The van der Waals surface area contributed by atoms with Gasteiger partial charge in [-0.05, 0) is 41.5 Å². The van der Waals surface area contributed by atoms with E-state index in [1.165, 1.54) is 0 Å². The van der Waals surface area contributed by atoms with Crippen LogP contribution in [0.4, 0.5) is 9.59 Å². The maximum Gasteiger partial charge on any atom is 0.410 e. The number of fused-ring (bicyclic) bond motifs is 2. The van der Waals surface area contributed by atoms with Crippen LogP contribution in [0.5, 0.6) is 0 Å². The predicted molar refractivity (Wildman–Crippen MR) is 111 cm³/mol. The quantitative estimate of drug-likeness (QED) is 0.404. The zero-order valence-electron chi connectivity index (χ0n) is 19.7. The van der Waals surface area contributed by atoms with Gasteiger partial charge in [0.15, 0.2) is 0 Å². The average molecular weight is 455 g/mol. The first-order valence-corrected chi connectivity index (χ1v) is 11.0. The van der Waals surface area contributed by atoms with Crippen molar-refractivity contribution < 1.29 is 38.1 Å². The summed E-state index contributed by atoms with van der Waals surface area (Å²) in [6.07, 6.45) is -0.676. The Morgan fingerprint density at radius 3 is 1.34 bits per heavy atom. The molecule has 0 bridgehead atoms. The van der Waals surface area contributed by atoms with Crippen LogP contribution in [0.1, 0.15) is 41.5 Å². The van der Waals surface area contributed by atoms with Crippen molar-refractivity contribution in [3.8, 4) is 0 Å². The molecule has 0 aliphatic carbocycles. The third kappa shape index (κ3) is 5.83. The average Bonchev–Trinajstić information content (AvgIpc) is 3.37. The number of ether oxygens (including phenoxy) is 4. The van der Waals surface area contributed by atoms with E-state index in [1.807, 2.05) is 41.5 Å². The second kappa shape index (κ2) is 8.78. The summed E-state index contributed by atoms with van der Waals surface area (Å²) in [5.41, 5.74) is -0.982. The van der Waals surface area contributed by atoms with Gasteiger partial charge in [0.25, 0.3) is 0 Å². The fourth-order valence-electron chi connectivity index (χ4n) is 4.16. The smallest absolute Gasteiger partial charge is 0.410 e. The number of rotatable bonds is 0. The molecular weight excluding hydrogens is 420 g/mol. The second-order valence-electron chi connectivity index (χ2n) is 10.8. The molecule has 0 aromatic carbocycles. The van der Waals surface area contributed by atoms with E-state index in [-0.39, 0.29) is 47.8 Å². The molecule has 0 radical (unpaired) electrons. The predicted octanol–water partition coefficient (Wildman–Crippen LogP) is 2.05. The highest BCUT2D eigenvalue weighted by molar-refractivity contribution is 5.78. The number of carbonyl (C=O) groups excluding carboxylic acids is 4. The molecule has 0 aromatic heterocycles. The molecule has 4 aliphatic rings.